The third kappa shape index (κ3) is 3.53. The Morgan fingerprint density at radius 2 is 1.61 bits per heavy atom. The average molecular weight is 416 g/mol. The third-order valence-corrected chi connectivity index (χ3v) is 7.38. The maximum absolute atomic E-state index is 5.48. The molecule has 1 saturated carbocycles. The summed E-state index contributed by atoms with van der Waals surface area (Å²) < 4.78 is 5.48. The molecule has 31 heavy (non-hydrogen) atoms. The molecule has 1 aromatic carbocycles. The van der Waals surface area contributed by atoms with Gasteiger partial charge in [-0.15, -0.1) is 0 Å². The lowest BCUT2D eigenvalue weighted by atomic mass is 9.86. The molecule has 0 amide bonds. The summed E-state index contributed by atoms with van der Waals surface area (Å²) in [5, 5.41) is 0. The molecule has 0 unspecified atom stereocenters. The summed E-state index contributed by atoms with van der Waals surface area (Å²) in [7, 11) is 0. The standard InChI is InChI=1S/C25H29N5O/c1-2-8-25(7-1)9-12-30(18-25)24-23-22(26-10-11-27-23)17-21(28-24)19-3-5-20(6-4-19)29-13-15-31-16-14-29/h3-6,10-11,17H,1-2,7-9,12-16,18H2. The maximum atomic E-state index is 5.48. The summed E-state index contributed by atoms with van der Waals surface area (Å²) in [5.74, 6) is 1.00. The van der Waals surface area contributed by atoms with Crippen LogP contribution >= 0.6 is 0 Å². The van der Waals surface area contributed by atoms with Crippen molar-refractivity contribution in [3.05, 3.63) is 42.7 Å². The van der Waals surface area contributed by atoms with Crippen LogP contribution in [0.5, 0.6) is 0 Å². The maximum Gasteiger partial charge on any atom is 0.157 e. The summed E-state index contributed by atoms with van der Waals surface area (Å²) in [5.41, 5.74) is 5.69. The Kier molecular flexibility index (Phi) is 4.75. The van der Waals surface area contributed by atoms with E-state index in [1.807, 2.05) is 0 Å². The Morgan fingerprint density at radius 1 is 0.839 bits per heavy atom. The van der Waals surface area contributed by atoms with Gasteiger partial charge in [-0.1, -0.05) is 25.0 Å². The fraction of sp³-hybridized carbons (Fsp3) is 0.480. The molecule has 6 heteroatoms. The molecule has 2 aromatic heterocycles. The van der Waals surface area contributed by atoms with Crippen LogP contribution in [0.15, 0.2) is 42.7 Å². The van der Waals surface area contributed by atoms with Crippen molar-refractivity contribution >= 4 is 22.5 Å². The fourth-order valence-electron chi connectivity index (χ4n) is 5.64. The summed E-state index contributed by atoms with van der Waals surface area (Å²) in [6.07, 6.45) is 10.3. The molecule has 6 nitrogen and oxygen atoms in total. The van der Waals surface area contributed by atoms with E-state index in [4.69, 9.17) is 9.72 Å². The lowest BCUT2D eigenvalue weighted by Gasteiger charge is -2.29. The Labute approximate surface area is 183 Å². The molecular formula is C25H29N5O. The molecule has 4 heterocycles. The van der Waals surface area contributed by atoms with Gasteiger partial charge in [0, 0.05) is 49.8 Å². The number of hydrogen-bond acceptors (Lipinski definition) is 6. The second-order valence-corrected chi connectivity index (χ2v) is 9.28. The molecule has 3 fully saturated rings. The van der Waals surface area contributed by atoms with Crippen molar-refractivity contribution in [3.63, 3.8) is 0 Å². The second kappa shape index (κ2) is 7.75. The van der Waals surface area contributed by atoms with Crippen molar-refractivity contribution in [3.8, 4) is 11.3 Å². The molecular weight excluding hydrogens is 386 g/mol. The van der Waals surface area contributed by atoms with Crippen molar-refractivity contribution < 1.29 is 4.74 Å². The van der Waals surface area contributed by atoms with Gasteiger partial charge in [0.05, 0.1) is 24.4 Å². The van der Waals surface area contributed by atoms with Crippen LogP contribution in [0, 0.1) is 5.41 Å². The SMILES string of the molecule is c1cnc2c(N3CCC4(CCCC4)C3)nc(-c3ccc(N4CCOCC4)cc3)cc2n1. The predicted molar refractivity (Wildman–Crippen MR) is 124 cm³/mol. The Balaban J connectivity index is 1.35. The molecule has 3 aromatic rings. The number of fused-ring (bicyclic) bond motifs is 1. The van der Waals surface area contributed by atoms with Gasteiger partial charge < -0.3 is 14.5 Å². The van der Waals surface area contributed by atoms with E-state index in [1.54, 1.807) is 12.4 Å². The minimum Gasteiger partial charge on any atom is -0.378 e. The highest BCUT2D eigenvalue weighted by molar-refractivity contribution is 5.89. The van der Waals surface area contributed by atoms with Crippen LogP contribution in [-0.2, 0) is 4.74 Å². The van der Waals surface area contributed by atoms with Crippen molar-refractivity contribution in [2.24, 2.45) is 5.41 Å². The summed E-state index contributed by atoms with van der Waals surface area (Å²) >= 11 is 0. The molecule has 0 radical (unpaired) electrons. The second-order valence-electron chi connectivity index (χ2n) is 9.28. The van der Waals surface area contributed by atoms with Crippen LogP contribution in [0.2, 0.25) is 0 Å². The molecule has 6 rings (SSSR count). The molecule has 0 atom stereocenters. The van der Waals surface area contributed by atoms with E-state index in [0.717, 1.165) is 67.5 Å². The lowest BCUT2D eigenvalue weighted by Crippen LogP contribution is -2.36. The first-order valence-corrected chi connectivity index (χ1v) is 11.6. The number of hydrogen-bond donors (Lipinski definition) is 0. The van der Waals surface area contributed by atoms with Crippen molar-refractivity contribution in [1.82, 2.24) is 15.0 Å². The summed E-state index contributed by atoms with van der Waals surface area (Å²) in [6, 6.07) is 10.8. The minimum absolute atomic E-state index is 0.492. The van der Waals surface area contributed by atoms with Gasteiger partial charge in [-0.25, -0.2) is 9.97 Å². The molecule has 3 aliphatic rings. The number of aromatic nitrogens is 3. The van der Waals surface area contributed by atoms with Gasteiger partial charge in [0.25, 0.3) is 0 Å². The number of morpholine rings is 1. The van der Waals surface area contributed by atoms with Gasteiger partial charge in [0.1, 0.15) is 5.52 Å². The zero-order valence-corrected chi connectivity index (χ0v) is 18.0. The fourth-order valence-corrected chi connectivity index (χ4v) is 5.64. The van der Waals surface area contributed by atoms with Crippen LogP contribution in [0.1, 0.15) is 32.1 Å². The Morgan fingerprint density at radius 3 is 2.42 bits per heavy atom. The van der Waals surface area contributed by atoms with Crippen LogP contribution < -0.4 is 9.80 Å². The van der Waals surface area contributed by atoms with Crippen LogP contribution in [0.3, 0.4) is 0 Å². The minimum atomic E-state index is 0.492. The lowest BCUT2D eigenvalue weighted by molar-refractivity contribution is 0.122. The van der Waals surface area contributed by atoms with E-state index in [-0.39, 0.29) is 0 Å². The Hall–Kier alpha value is -2.73. The summed E-state index contributed by atoms with van der Waals surface area (Å²) in [6.45, 7) is 5.66. The van der Waals surface area contributed by atoms with E-state index in [0.29, 0.717) is 5.41 Å². The van der Waals surface area contributed by atoms with Crippen LogP contribution in [0.4, 0.5) is 11.5 Å². The molecule has 0 bridgehead atoms. The number of rotatable bonds is 3. The molecule has 2 aliphatic heterocycles. The van der Waals surface area contributed by atoms with Gasteiger partial charge >= 0.3 is 0 Å². The molecule has 160 valence electrons. The molecule has 2 saturated heterocycles. The third-order valence-electron chi connectivity index (χ3n) is 7.38. The van der Waals surface area contributed by atoms with E-state index in [1.165, 1.54) is 37.8 Å². The first-order valence-electron chi connectivity index (χ1n) is 11.6. The molecule has 1 spiro atoms. The quantitative estimate of drug-likeness (QED) is 0.636. The van der Waals surface area contributed by atoms with E-state index >= 15 is 0 Å². The smallest absolute Gasteiger partial charge is 0.157 e. The first-order chi connectivity index (χ1) is 15.3. The van der Waals surface area contributed by atoms with Crippen LogP contribution in [0.25, 0.3) is 22.3 Å². The first kappa shape index (κ1) is 19.0. The Bertz CT molecular complexity index is 1070. The number of ether oxygens (including phenoxy) is 1. The number of pyridine rings is 1. The molecule has 0 N–H and O–H groups in total. The predicted octanol–water partition coefficient (Wildman–Crippen LogP) is 4.30. The van der Waals surface area contributed by atoms with Crippen molar-refractivity contribution in [2.45, 2.75) is 32.1 Å². The van der Waals surface area contributed by atoms with E-state index < -0.39 is 0 Å². The summed E-state index contributed by atoms with van der Waals surface area (Å²) in [4.78, 5) is 19.3. The highest BCUT2D eigenvalue weighted by atomic mass is 16.5. The van der Waals surface area contributed by atoms with Crippen molar-refractivity contribution in [1.29, 1.82) is 0 Å². The zero-order valence-electron chi connectivity index (χ0n) is 18.0. The number of anilines is 2. The van der Waals surface area contributed by atoms with Gasteiger partial charge in [-0.3, -0.25) is 4.98 Å². The topological polar surface area (TPSA) is 54.4 Å². The molecule has 1 aliphatic carbocycles. The van der Waals surface area contributed by atoms with Crippen molar-refractivity contribution in [2.75, 3.05) is 49.2 Å². The average Bonchev–Trinajstić information content (AvgIpc) is 3.48. The van der Waals surface area contributed by atoms with Gasteiger partial charge in [-0.2, -0.15) is 0 Å². The van der Waals surface area contributed by atoms with E-state index in [9.17, 15) is 0 Å². The highest BCUT2D eigenvalue weighted by Gasteiger charge is 2.41. The van der Waals surface area contributed by atoms with Crippen LogP contribution in [-0.4, -0.2) is 54.3 Å². The van der Waals surface area contributed by atoms with E-state index in [2.05, 4.69) is 50.1 Å². The largest absolute Gasteiger partial charge is 0.378 e. The van der Waals surface area contributed by atoms with Gasteiger partial charge in [-0.05, 0) is 42.9 Å². The monoisotopic (exact) mass is 415 g/mol. The van der Waals surface area contributed by atoms with Gasteiger partial charge in [0.15, 0.2) is 5.82 Å². The zero-order chi connectivity index (χ0) is 20.7. The number of benzene rings is 1. The number of nitrogens with zero attached hydrogens (tertiary/aromatic N) is 5. The van der Waals surface area contributed by atoms with Gasteiger partial charge in [0.2, 0.25) is 0 Å². The normalized spacial score (nSPS) is 20.8. The highest BCUT2D eigenvalue weighted by Crippen LogP contribution is 2.46.